The highest BCUT2D eigenvalue weighted by atomic mass is 35.5. The molecule has 0 aromatic heterocycles. The van der Waals surface area contributed by atoms with Gasteiger partial charge in [0.15, 0.2) is 0 Å². The number of hydrogen-bond acceptors (Lipinski definition) is 3. The van der Waals surface area contributed by atoms with Gasteiger partial charge in [0, 0.05) is 37.9 Å². The quantitative estimate of drug-likeness (QED) is 0.692. The average Bonchev–Trinajstić information content (AvgIpc) is 3.13. The van der Waals surface area contributed by atoms with Crippen LogP contribution in [0.25, 0.3) is 0 Å². The lowest BCUT2D eigenvalue weighted by atomic mass is 9.99. The van der Waals surface area contributed by atoms with E-state index in [0.29, 0.717) is 5.69 Å². The maximum absolute atomic E-state index is 14.1. The van der Waals surface area contributed by atoms with Gasteiger partial charge in [-0.1, -0.05) is 17.7 Å². The van der Waals surface area contributed by atoms with Crippen LogP contribution in [0, 0.1) is 5.82 Å². The van der Waals surface area contributed by atoms with E-state index < -0.39 is 5.82 Å². The number of benzene rings is 2. The van der Waals surface area contributed by atoms with E-state index in [9.17, 15) is 14.0 Å². The SMILES string of the molecule is CC(=O)N(C)c1ccc(NC(=O)NC2CCN(C(C)C)C2c2ccc(Cl)c(F)c2)cc1. The van der Waals surface area contributed by atoms with Crippen LogP contribution in [-0.4, -0.2) is 42.5 Å². The topological polar surface area (TPSA) is 64.7 Å². The fourth-order valence-electron chi connectivity index (χ4n) is 3.95. The Bertz CT molecular complexity index is 951. The molecule has 0 spiro atoms. The van der Waals surface area contributed by atoms with Gasteiger partial charge in [0.2, 0.25) is 5.91 Å². The molecule has 2 aromatic rings. The van der Waals surface area contributed by atoms with Crippen LogP contribution >= 0.6 is 11.6 Å². The van der Waals surface area contributed by atoms with Gasteiger partial charge in [0.25, 0.3) is 0 Å². The summed E-state index contributed by atoms with van der Waals surface area (Å²) in [6.45, 7) is 6.46. The highest BCUT2D eigenvalue weighted by Crippen LogP contribution is 2.35. The Kier molecular flexibility index (Phi) is 7.18. The maximum atomic E-state index is 14.1. The van der Waals surface area contributed by atoms with E-state index in [0.717, 1.165) is 24.2 Å². The second kappa shape index (κ2) is 9.66. The summed E-state index contributed by atoms with van der Waals surface area (Å²) in [7, 11) is 1.69. The molecule has 6 nitrogen and oxygen atoms in total. The largest absolute Gasteiger partial charge is 0.333 e. The summed E-state index contributed by atoms with van der Waals surface area (Å²) in [5, 5.41) is 5.95. The number of carbonyl (C=O) groups excluding carboxylic acids is 2. The number of nitrogens with one attached hydrogen (secondary N) is 2. The molecule has 1 heterocycles. The summed E-state index contributed by atoms with van der Waals surface area (Å²) in [6.07, 6.45) is 0.753. The van der Waals surface area contributed by atoms with Gasteiger partial charge in [-0.2, -0.15) is 0 Å². The highest BCUT2D eigenvalue weighted by molar-refractivity contribution is 6.30. The van der Waals surface area contributed by atoms with Crippen LogP contribution in [0.1, 0.15) is 38.8 Å². The van der Waals surface area contributed by atoms with E-state index in [1.54, 1.807) is 37.4 Å². The smallest absolute Gasteiger partial charge is 0.319 e. The van der Waals surface area contributed by atoms with Crippen molar-refractivity contribution in [2.45, 2.75) is 45.3 Å². The predicted molar refractivity (Wildman–Crippen MR) is 122 cm³/mol. The lowest BCUT2D eigenvalue weighted by molar-refractivity contribution is -0.116. The molecular weight excluding hydrogens is 419 g/mol. The number of likely N-dealkylation sites (tertiary alicyclic amines) is 1. The minimum absolute atomic E-state index is 0.0703. The lowest BCUT2D eigenvalue weighted by Gasteiger charge is -2.32. The van der Waals surface area contributed by atoms with Crippen molar-refractivity contribution < 1.29 is 14.0 Å². The van der Waals surface area contributed by atoms with Crippen LogP contribution < -0.4 is 15.5 Å². The third-order valence-corrected chi connectivity index (χ3v) is 5.99. The molecule has 2 atom stereocenters. The zero-order valence-electron chi connectivity index (χ0n) is 18.2. The molecule has 0 aliphatic carbocycles. The van der Waals surface area contributed by atoms with Gasteiger partial charge < -0.3 is 15.5 Å². The number of anilines is 2. The summed E-state index contributed by atoms with van der Waals surface area (Å²) in [5.74, 6) is -0.535. The second-order valence-electron chi connectivity index (χ2n) is 8.07. The summed E-state index contributed by atoms with van der Waals surface area (Å²) < 4.78 is 14.1. The number of urea groups is 1. The normalized spacial score (nSPS) is 18.8. The van der Waals surface area contributed by atoms with Crippen LogP contribution in [-0.2, 0) is 4.79 Å². The molecule has 31 heavy (non-hydrogen) atoms. The van der Waals surface area contributed by atoms with E-state index in [-0.39, 0.29) is 35.1 Å². The van der Waals surface area contributed by atoms with Crippen molar-refractivity contribution in [2.75, 3.05) is 23.8 Å². The van der Waals surface area contributed by atoms with Gasteiger partial charge in [-0.25, -0.2) is 9.18 Å². The maximum Gasteiger partial charge on any atom is 0.319 e. The zero-order chi connectivity index (χ0) is 22.7. The first-order valence-electron chi connectivity index (χ1n) is 10.3. The van der Waals surface area contributed by atoms with Crippen molar-refractivity contribution in [1.29, 1.82) is 0 Å². The van der Waals surface area contributed by atoms with Crippen molar-refractivity contribution in [3.05, 3.63) is 58.9 Å². The van der Waals surface area contributed by atoms with Crippen LogP contribution in [0.3, 0.4) is 0 Å². The first-order chi connectivity index (χ1) is 14.7. The Balaban J connectivity index is 1.71. The molecule has 2 N–H and O–H groups in total. The van der Waals surface area contributed by atoms with E-state index >= 15 is 0 Å². The molecule has 3 amide bonds. The molecule has 1 fully saturated rings. The molecule has 1 aliphatic rings. The summed E-state index contributed by atoms with van der Waals surface area (Å²) >= 11 is 5.86. The number of carbonyl (C=O) groups is 2. The number of halogens is 2. The molecule has 166 valence electrons. The molecular formula is C23H28ClFN4O2. The number of amides is 3. The van der Waals surface area contributed by atoms with Crippen molar-refractivity contribution in [2.24, 2.45) is 0 Å². The summed E-state index contributed by atoms with van der Waals surface area (Å²) in [5.41, 5.74) is 2.15. The molecule has 2 unspecified atom stereocenters. The molecule has 0 bridgehead atoms. The Hall–Kier alpha value is -2.64. The minimum Gasteiger partial charge on any atom is -0.333 e. The minimum atomic E-state index is -0.464. The van der Waals surface area contributed by atoms with Gasteiger partial charge in [-0.15, -0.1) is 0 Å². The van der Waals surface area contributed by atoms with Crippen LogP contribution in [0.15, 0.2) is 42.5 Å². The zero-order valence-corrected chi connectivity index (χ0v) is 18.9. The van der Waals surface area contributed by atoms with Gasteiger partial charge >= 0.3 is 6.03 Å². The molecule has 2 aromatic carbocycles. The van der Waals surface area contributed by atoms with Crippen LogP contribution in [0.4, 0.5) is 20.6 Å². The predicted octanol–water partition coefficient (Wildman–Crippen LogP) is 4.81. The number of nitrogens with zero attached hydrogens (tertiary/aromatic N) is 2. The Morgan fingerprint density at radius 1 is 1.19 bits per heavy atom. The molecule has 8 heteroatoms. The van der Waals surface area contributed by atoms with E-state index in [1.165, 1.54) is 17.9 Å². The third-order valence-electron chi connectivity index (χ3n) is 5.69. The van der Waals surface area contributed by atoms with Gasteiger partial charge in [-0.3, -0.25) is 9.69 Å². The highest BCUT2D eigenvalue weighted by Gasteiger charge is 2.37. The van der Waals surface area contributed by atoms with Crippen molar-refractivity contribution >= 4 is 34.9 Å². The van der Waals surface area contributed by atoms with Gasteiger partial charge in [0.05, 0.1) is 17.1 Å². The lowest BCUT2D eigenvalue weighted by Crippen LogP contribution is -2.43. The third kappa shape index (κ3) is 5.35. The van der Waals surface area contributed by atoms with Gasteiger partial charge in [-0.05, 0) is 62.2 Å². The monoisotopic (exact) mass is 446 g/mol. The molecule has 1 saturated heterocycles. The van der Waals surface area contributed by atoms with Crippen molar-refractivity contribution in [3.8, 4) is 0 Å². The van der Waals surface area contributed by atoms with Crippen LogP contribution in [0.5, 0.6) is 0 Å². The standard InChI is InChI=1S/C23H28ClFN4O2/c1-14(2)29-12-11-21(22(29)16-5-10-19(24)20(25)13-16)27-23(31)26-17-6-8-18(9-7-17)28(4)15(3)30/h5-10,13-14,21-22H,11-12H2,1-4H3,(H2,26,27,31). The fourth-order valence-corrected chi connectivity index (χ4v) is 4.07. The molecule has 0 radical (unpaired) electrons. The molecule has 0 saturated carbocycles. The average molecular weight is 447 g/mol. The van der Waals surface area contributed by atoms with E-state index in [1.807, 2.05) is 6.07 Å². The Labute approximate surface area is 187 Å². The first-order valence-corrected chi connectivity index (χ1v) is 10.7. The number of hydrogen-bond donors (Lipinski definition) is 2. The van der Waals surface area contributed by atoms with E-state index in [4.69, 9.17) is 11.6 Å². The van der Waals surface area contributed by atoms with Gasteiger partial charge in [0.1, 0.15) is 5.82 Å². The second-order valence-corrected chi connectivity index (χ2v) is 8.48. The molecule has 1 aliphatic heterocycles. The van der Waals surface area contributed by atoms with Crippen LogP contribution in [0.2, 0.25) is 5.02 Å². The Morgan fingerprint density at radius 3 is 2.45 bits per heavy atom. The fraction of sp³-hybridized carbons (Fsp3) is 0.391. The Morgan fingerprint density at radius 2 is 1.87 bits per heavy atom. The van der Waals surface area contributed by atoms with Crippen molar-refractivity contribution in [3.63, 3.8) is 0 Å². The summed E-state index contributed by atoms with van der Waals surface area (Å²) in [6, 6.07) is 11.4. The molecule has 3 rings (SSSR count). The number of rotatable bonds is 5. The van der Waals surface area contributed by atoms with Crippen molar-refractivity contribution in [1.82, 2.24) is 10.2 Å². The van der Waals surface area contributed by atoms with E-state index in [2.05, 4.69) is 29.4 Å². The first kappa shape index (κ1) is 23.0. The summed E-state index contributed by atoms with van der Waals surface area (Å²) in [4.78, 5) is 27.9.